The van der Waals surface area contributed by atoms with Gasteiger partial charge in [-0.2, -0.15) is 5.26 Å². The van der Waals surface area contributed by atoms with E-state index >= 15 is 0 Å². The predicted molar refractivity (Wildman–Crippen MR) is 70.6 cm³/mol. The molecule has 2 rings (SSSR count). The van der Waals surface area contributed by atoms with Crippen LogP contribution in [0.3, 0.4) is 0 Å². The van der Waals surface area contributed by atoms with Crippen molar-refractivity contribution in [3.8, 4) is 6.07 Å². The van der Waals surface area contributed by atoms with Gasteiger partial charge in [-0.1, -0.05) is 18.2 Å². The topological polar surface area (TPSA) is 68.7 Å². The summed E-state index contributed by atoms with van der Waals surface area (Å²) in [6.45, 7) is 2.32. The Morgan fingerprint density at radius 2 is 2.28 bits per heavy atom. The van der Waals surface area contributed by atoms with Crippen LogP contribution in [0.2, 0.25) is 0 Å². The summed E-state index contributed by atoms with van der Waals surface area (Å²) >= 11 is 0. The summed E-state index contributed by atoms with van der Waals surface area (Å²) in [5.74, 6) is -0.342. The molecule has 2 N–H and O–H groups in total. The molecule has 0 atom stereocenters. The Kier molecular flexibility index (Phi) is 3.44. The van der Waals surface area contributed by atoms with Crippen molar-refractivity contribution in [1.82, 2.24) is 10.3 Å². The lowest BCUT2D eigenvalue weighted by Gasteiger charge is -1.99. The summed E-state index contributed by atoms with van der Waals surface area (Å²) in [6.07, 6.45) is 3.39. The fraction of sp³-hybridized carbons (Fsp3) is 0.143. The lowest BCUT2D eigenvalue weighted by molar-refractivity contribution is -0.116. The van der Waals surface area contributed by atoms with Crippen LogP contribution < -0.4 is 5.32 Å². The number of hydrogen-bond acceptors (Lipinski definition) is 2. The molecule has 0 aliphatic rings. The molecule has 1 aromatic heterocycles. The van der Waals surface area contributed by atoms with Crippen molar-refractivity contribution in [2.75, 3.05) is 6.54 Å². The average Bonchev–Trinajstić information content (AvgIpc) is 2.79. The minimum absolute atomic E-state index is 0.113. The monoisotopic (exact) mass is 239 g/mol. The fourth-order valence-corrected chi connectivity index (χ4v) is 1.77. The third kappa shape index (κ3) is 2.25. The number of carbonyl (C=O) groups is 1. The number of aromatic amines is 1. The number of carbonyl (C=O) groups excluding carboxylic acids is 1. The van der Waals surface area contributed by atoms with Crippen LogP contribution in [0.15, 0.2) is 36.0 Å². The molecule has 1 aromatic carbocycles. The molecule has 4 heteroatoms. The number of nitrogens with zero attached hydrogens (tertiary/aromatic N) is 1. The molecule has 0 fully saturated rings. The van der Waals surface area contributed by atoms with Gasteiger partial charge < -0.3 is 10.3 Å². The maximum Gasteiger partial charge on any atom is 0.261 e. The number of para-hydroxylation sites is 1. The Hall–Kier alpha value is -2.54. The minimum atomic E-state index is -0.342. The maximum absolute atomic E-state index is 11.6. The number of likely N-dealkylation sites (N-methyl/N-ethyl adjacent to an activating group) is 1. The van der Waals surface area contributed by atoms with Crippen LogP contribution in [0.4, 0.5) is 0 Å². The highest BCUT2D eigenvalue weighted by Crippen LogP contribution is 2.20. The zero-order chi connectivity index (χ0) is 13.0. The van der Waals surface area contributed by atoms with E-state index in [1.165, 1.54) is 0 Å². The van der Waals surface area contributed by atoms with E-state index in [1.54, 1.807) is 12.3 Å². The number of fused-ring (bicyclic) bond motifs is 1. The van der Waals surface area contributed by atoms with Crippen molar-refractivity contribution in [3.63, 3.8) is 0 Å². The van der Waals surface area contributed by atoms with E-state index in [-0.39, 0.29) is 11.5 Å². The Labute approximate surface area is 105 Å². The van der Waals surface area contributed by atoms with Crippen LogP contribution in [-0.2, 0) is 4.79 Å². The summed E-state index contributed by atoms with van der Waals surface area (Å²) < 4.78 is 0. The van der Waals surface area contributed by atoms with Gasteiger partial charge in [0.15, 0.2) is 0 Å². The van der Waals surface area contributed by atoms with E-state index in [1.807, 2.05) is 37.3 Å². The van der Waals surface area contributed by atoms with Gasteiger partial charge in [0.2, 0.25) is 0 Å². The van der Waals surface area contributed by atoms with Crippen LogP contribution in [0, 0.1) is 11.3 Å². The Morgan fingerprint density at radius 3 is 3.00 bits per heavy atom. The van der Waals surface area contributed by atoms with Crippen LogP contribution in [0.1, 0.15) is 12.5 Å². The van der Waals surface area contributed by atoms with Gasteiger partial charge in [-0.25, -0.2) is 0 Å². The first kappa shape index (κ1) is 11.9. The fourth-order valence-electron chi connectivity index (χ4n) is 1.77. The molecule has 4 nitrogen and oxygen atoms in total. The summed E-state index contributed by atoms with van der Waals surface area (Å²) in [7, 11) is 0. The van der Waals surface area contributed by atoms with E-state index in [9.17, 15) is 4.79 Å². The van der Waals surface area contributed by atoms with E-state index in [0.717, 1.165) is 16.5 Å². The van der Waals surface area contributed by atoms with Crippen molar-refractivity contribution in [1.29, 1.82) is 5.26 Å². The molecule has 0 saturated heterocycles. The van der Waals surface area contributed by atoms with Crippen LogP contribution in [0.5, 0.6) is 0 Å². The molecular weight excluding hydrogens is 226 g/mol. The predicted octanol–water partition coefficient (Wildman–Crippen LogP) is 2.21. The second-order valence-electron chi connectivity index (χ2n) is 3.82. The van der Waals surface area contributed by atoms with Crippen molar-refractivity contribution in [3.05, 3.63) is 41.6 Å². The highest BCUT2D eigenvalue weighted by atomic mass is 16.1. The number of nitrogens with one attached hydrogen (secondary N) is 2. The number of hydrogen-bond donors (Lipinski definition) is 2. The molecule has 90 valence electrons. The van der Waals surface area contributed by atoms with Crippen molar-refractivity contribution >= 4 is 22.9 Å². The zero-order valence-electron chi connectivity index (χ0n) is 10.0. The lowest BCUT2D eigenvalue weighted by Crippen LogP contribution is -2.23. The van der Waals surface area contributed by atoms with Crippen molar-refractivity contribution < 1.29 is 4.79 Å². The third-order valence-corrected chi connectivity index (χ3v) is 2.62. The Balaban J connectivity index is 2.42. The average molecular weight is 239 g/mol. The molecule has 0 aliphatic carbocycles. The summed E-state index contributed by atoms with van der Waals surface area (Å²) in [6, 6.07) is 9.68. The smallest absolute Gasteiger partial charge is 0.261 e. The van der Waals surface area contributed by atoms with Gasteiger partial charge in [0.1, 0.15) is 11.6 Å². The van der Waals surface area contributed by atoms with Gasteiger partial charge in [-0.05, 0) is 19.1 Å². The second kappa shape index (κ2) is 5.19. The maximum atomic E-state index is 11.6. The minimum Gasteiger partial charge on any atom is -0.361 e. The van der Waals surface area contributed by atoms with Gasteiger partial charge in [0, 0.05) is 29.2 Å². The number of benzene rings is 1. The molecule has 0 spiro atoms. The van der Waals surface area contributed by atoms with Gasteiger partial charge in [-0.15, -0.1) is 0 Å². The largest absolute Gasteiger partial charge is 0.361 e. The summed E-state index contributed by atoms with van der Waals surface area (Å²) in [4.78, 5) is 14.7. The van der Waals surface area contributed by atoms with E-state index < -0.39 is 0 Å². The third-order valence-electron chi connectivity index (χ3n) is 2.62. The highest BCUT2D eigenvalue weighted by molar-refractivity contribution is 6.03. The quantitative estimate of drug-likeness (QED) is 0.637. The van der Waals surface area contributed by atoms with Crippen LogP contribution >= 0.6 is 0 Å². The zero-order valence-corrected chi connectivity index (χ0v) is 10.0. The first-order chi connectivity index (χ1) is 8.76. The number of rotatable bonds is 3. The van der Waals surface area contributed by atoms with E-state index in [2.05, 4.69) is 10.3 Å². The summed E-state index contributed by atoms with van der Waals surface area (Å²) in [5.41, 5.74) is 1.94. The van der Waals surface area contributed by atoms with Gasteiger partial charge >= 0.3 is 0 Å². The van der Waals surface area contributed by atoms with Crippen LogP contribution in [0.25, 0.3) is 17.0 Å². The standard InChI is InChI=1S/C14H13N3O/c1-2-16-14(18)10(8-15)7-11-9-17-13-6-4-3-5-12(11)13/h3-7,9,17H,2H2,1H3,(H,16,18)/b10-7-. The highest BCUT2D eigenvalue weighted by Gasteiger charge is 2.09. The molecule has 0 radical (unpaired) electrons. The number of amides is 1. The van der Waals surface area contributed by atoms with Crippen molar-refractivity contribution in [2.24, 2.45) is 0 Å². The van der Waals surface area contributed by atoms with Crippen LogP contribution in [-0.4, -0.2) is 17.4 Å². The van der Waals surface area contributed by atoms with Gasteiger partial charge in [0.25, 0.3) is 5.91 Å². The normalized spacial score (nSPS) is 11.2. The first-order valence-corrected chi connectivity index (χ1v) is 5.72. The molecule has 0 bridgehead atoms. The molecule has 18 heavy (non-hydrogen) atoms. The molecular formula is C14H13N3O. The van der Waals surface area contributed by atoms with Gasteiger partial charge in [-0.3, -0.25) is 4.79 Å². The molecule has 0 saturated carbocycles. The Morgan fingerprint density at radius 1 is 1.50 bits per heavy atom. The number of H-pyrrole nitrogens is 1. The Bertz CT molecular complexity index is 646. The lowest BCUT2D eigenvalue weighted by atomic mass is 10.1. The number of nitriles is 1. The van der Waals surface area contributed by atoms with Gasteiger partial charge in [0.05, 0.1) is 0 Å². The van der Waals surface area contributed by atoms with E-state index in [4.69, 9.17) is 5.26 Å². The SMILES string of the molecule is CCNC(=O)/C(C#N)=C\c1c[nH]c2ccccc12. The molecule has 1 amide bonds. The van der Waals surface area contributed by atoms with E-state index in [0.29, 0.717) is 6.54 Å². The molecule has 0 unspecified atom stereocenters. The second-order valence-corrected chi connectivity index (χ2v) is 3.82. The number of aromatic nitrogens is 1. The first-order valence-electron chi connectivity index (χ1n) is 5.72. The summed E-state index contributed by atoms with van der Waals surface area (Å²) in [5, 5.41) is 12.6. The molecule has 2 aromatic rings. The molecule has 1 heterocycles. The van der Waals surface area contributed by atoms with Crippen molar-refractivity contribution in [2.45, 2.75) is 6.92 Å². The molecule has 0 aliphatic heterocycles.